The first kappa shape index (κ1) is 6.21. The van der Waals surface area contributed by atoms with Crippen LogP contribution in [0.2, 0.25) is 0 Å². The van der Waals surface area contributed by atoms with E-state index in [1.54, 1.807) is 0 Å². The van der Waals surface area contributed by atoms with Gasteiger partial charge in [0.05, 0.1) is 0 Å². The summed E-state index contributed by atoms with van der Waals surface area (Å²) in [7, 11) is 0. The molecule has 1 heteroatoms. The quantitative estimate of drug-likeness (QED) is 0.489. The van der Waals surface area contributed by atoms with Crippen molar-refractivity contribution in [1.82, 2.24) is 0 Å². The lowest BCUT2D eigenvalue weighted by molar-refractivity contribution is 0.750. The molecule has 0 N–H and O–H groups in total. The number of rotatable bonds is 1. The maximum absolute atomic E-state index is 2.30. The van der Waals surface area contributed by atoms with Crippen LogP contribution in [0.3, 0.4) is 0 Å². The van der Waals surface area contributed by atoms with Crippen molar-refractivity contribution in [1.29, 1.82) is 0 Å². The molecule has 46 valence electrons. The molecule has 0 aliphatic heterocycles. The van der Waals surface area contributed by atoms with Gasteiger partial charge in [0.25, 0.3) is 0 Å². The fraction of sp³-hybridized carbons (Fsp3) is 0.714. The van der Waals surface area contributed by atoms with Crippen LogP contribution in [0, 0.1) is 0 Å². The van der Waals surface area contributed by atoms with Crippen LogP contribution in [0.1, 0.15) is 19.3 Å². The van der Waals surface area contributed by atoms with Crippen LogP contribution in [0.15, 0.2) is 12.2 Å². The van der Waals surface area contributed by atoms with Crippen molar-refractivity contribution < 1.29 is 0 Å². The lowest BCUT2D eigenvalue weighted by Gasteiger charge is -2.13. The molecule has 0 heterocycles. The van der Waals surface area contributed by atoms with Crippen molar-refractivity contribution in [3.05, 3.63) is 12.2 Å². The predicted octanol–water partition coefficient (Wildman–Crippen LogP) is 2.46. The largest absolute Gasteiger partial charge is 0.162 e. The molecule has 0 amide bonds. The van der Waals surface area contributed by atoms with Gasteiger partial charge in [-0.25, -0.2) is 0 Å². The highest BCUT2D eigenvalue weighted by molar-refractivity contribution is 7.99. The van der Waals surface area contributed by atoms with Gasteiger partial charge in [0.2, 0.25) is 0 Å². The molecule has 0 saturated carbocycles. The molecular formula is C7H12S. The molecule has 0 saturated heterocycles. The Hall–Kier alpha value is 0.0900. The maximum atomic E-state index is 2.30. The molecule has 1 rings (SSSR count). The van der Waals surface area contributed by atoms with Crippen LogP contribution in [0.4, 0.5) is 0 Å². The van der Waals surface area contributed by atoms with Crippen LogP contribution in [0.25, 0.3) is 0 Å². The molecule has 1 unspecified atom stereocenters. The third-order valence-electron chi connectivity index (χ3n) is 1.55. The summed E-state index contributed by atoms with van der Waals surface area (Å²) >= 11 is 1.99. The third-order valence-corrected chi connectivity index (χ3v) is 2.65. The van der Waals surface area contributed by atoms with Gasteiger partial charge in [0.15, 0.2) is 0 Å². The van der Waals surface area contributed by atoms with Gasteiger partial charge in [-0.2, -0.15) is 11.8 Å². The minimum Gasteiger partial charge on any atom is -0.162 e. The number of hydrogen-bond acceptors (Lipinski definition) is 1. The van der Waals surface area contributed by atoms with Crippen molar-refractivity contribution in [2.24, 2.45) is 0 Å². The van der Waals surface area contributed by atoms with Crippen molar-refractivity contribution in [2.45, 2.75) is 24.5 Å². The molecule has 0 aromatic rings. The summed E-state index contributed by atoms with van der Waals surface area (Å²) in [4.78, 5) is 0. The zero-order chi connectivity index (χ0) is 5.82. The Morgan fingerprint density at radius 1 is 1.50 bits per heavy atom. The van der Waals surface area contributed by atoms with E-state index in [4.69, 9.17) is 0 Å². The maximum Gasteiger partial charge on any atom is 0.00817 e. The topological polar surface area (TPSA) is 0 Å². The van der Waals surface area contributed by atoms with Gasteiger partial charge < -0.3 is 0 Å². The first-order valence-corrected chi connectivity index (χ1v) is 4.40. The first-order valence-electron chi connectivity index (χ1n) is 3.11. The second-order valence-corrected chi connectivity index (χ2v) is 3.28. The van der Waals surface area contributed by atoms with Crippen molar-refractivity contribution >= 4 is 11.8 Å². The zero-order valence-corrected chi connectivity index (χ0v) is 6.08. The van der Waals surface area contributed by atoms with Gasteiger partial charge in [0, 0.05) is 5.25 Å². The van der Waals surface area contributed by atoms with E-state index in [0.717, 1.165) is 5.25 Å². The Morgan fingerprint density at radius 2 is 2.38 bits per heavy atom. The molecule has 0 nitrogen and oxygen atoms in total. The SMILES string of the molecule is CSC1CC=CCC1. The molecule has 0 aromatic carbocycles. The highest BCUT2D eigenvalue weighted by atomic mass is 32.2. The first-order chi connectivity index (χ1) is 3.93. The smallest absolute Gasteiger partial charge is 0.00817 e. The van der Waals surface area contributed by atoms with E-state index in [2.05, 4.69) is 18.4 Å². The van der Waals surface area contributed by atoms with Crippen LogP contribution in [-0.4, -0.2) is 11.5 Å². The van der Waals surface area contributed by atoms with Crippen LogP contribution < -0.4 is 0 Å². The Bertz CT molecular complexity index is 86.4. The summed E-state index contributed by atoms with van der Waals surface area (Å²) in [5.41, 5.74) is 0. The molecule has 0 fully saturated rings. The fourth-order valence-electron chi connectivity index (χ4n) is 0.980. The summed E-state index contributed by atoms with van der Waals surface area (Å²) < 4.78 is 0. The number of allylic oxidation sites excluding steroid dienone is 2. The van der Waals surface area contributed by atoms with Crippen molar-refractivity contribution in [2.75, 3.05) is 6.26 Å². The molecule has 1 aliphatic rings. The normalized spacial score (nSPS) is 28.4. The summed E-state index contributed by atoms with van der Waals surface area (Å²) in [5.74, 6) is 0. The molecule has 0 radical (unpaired) electrons. The monoisotopic (exact) mass is 128 g/mol. The third kappa shape index (κ3) is 1.55. The molecule has 8 heavy (non-hydrogen) atoms. The zero-order valence-electron chi connectivity index (χ0n) is 5.26. The molecular weight excluding hydrogens is 116 g/mol. The van der Waals surface area contributed by atoms with E-state index in [1.165, 1.54) is 19.3 Å². The van der Waals surface area contributed by atoms with Gasteiger partial charge in [-0.05, 0) is 25.5 Å². The fourth-order valence-corrected chi connectivity index (χ4v) is 1.66. The average Bonchev–Trinajstić information content (AvgIpc) is 1.90. The summed E-state index contributed by atoms with van der Waals surface area (Å²) in [6, 6.07) is 0. The van der Waals surface area contributed by atoms with Crippen LogP contribution in [-0.2, 0) is 0 Å². The van der Waals surface area contributed by atoms with Gasteiger partial charge in [-0.15, -0.1) is 0 Å². The minimum atomic E-state index is 0.917. The van der Waals surface area contributed by atoms with E-state index >= 15 is 0 Å². The highest BCUT2D eigenvalue weighted by Crippen LogP contribution is 2.21. The van der Waals surface area contributed by atoms with Gasteiger partial charge in [-0.3, -0.25) is 0 Å². The van der Waals surface area contributed by atoms with E-state index in [-0.39, 0.29) is 0 Å². The van der Waals surface area contributed by atoms with Gasteiger partial charge in [-0.1, -0.05) is 12.2 Å². The standard InChI is InChI=1S/C7H12S/c1-8-7-5-3-2-4-6-7/h2-3,7H,4-6H2,1H3. The molecule has 0 bridgehead atoms. The number of hydrogen-bond donors (Lipinski definition) is 0. The highest BCUT2D eigenvalue weighted by Gasteiger charge is 2.05. The van der Waals surface area contributed by atoms with Crippen molar-refractivity contribution in [3.63, 3.8) is 0 Å². The van der Waals surface area contributed by atoms with E-state index in [1.807, 2.05) is 11.8 Å². The van der Waals surface area contributed by atoms with E-state index in [0.29, 0.717) is 0 Å². The Morgan fingerprint density at radius 3 is 2.75 bits per heavy atom. The summed E-state index contributed by atoms with van der Waals surface area (Å²) in [6.07, 6.45) is 10.8. The molecule has 1 aliphatic carbocycles. The van der Waals surface area contributed by atoms with Crippen LogP contribution >= 0.6 is 11.8 Å². The molecule has 0 spiro atoms. The van der Waals surface area contributed by atoms with E-state index < -0.39 is 0 Å². The Labute approximate surface area is 55.4 Å². The van der Waals surface area contributed by atoms with Gasteiger partial charge >= 0.3 is 0 Å². The van der Waals surface area contributed by atoms with E-state index in [9.17, 15) is 0 Å². The van der Waals surface area contributed by atoms with Crippen molar-refractivity contribution in [3.8, 4) is 0 Å². The second-order valence-electron chi connectivity index (χ2n) is 2.14. The molecule has 0 aromatic heterocycles. The lowest BCUT2D eigenvalue weighted by atomic mass is 10.1. The predicted molar refractivity (Wildman–Crippen MR) is 40.3 cm³/mol. The Balaban J connectivity index is 2.27. The number of thioether (sulfide) groups is 1. The Kier molecular flexibility index (Phi) is 2.47. The average molecular weight is 128 g/mol. The van der Waals surface area contributed by atoms with Gasteiger partial charge in [0.1, 0.15) is 0 Å². The molecule has 1 atom stereocenters. The summed E-state index contributed by atoms with van der Waals surface area (Å²) in [5, 5.41) is 0.917. The second kappa shape index (κ2) is 3.18. The lowest BCUT2D eigenvalue weighted by Crippen LogP contribution is -2.02. The minimum absolute atomic E-state index is 0.917. The van der Waals surface area contributed by atoms with Crippen LogP contribution in [0.5, 0.6) is 0 Å². The summed E-state index contributed by atoms with van der Waals surface area (Å²) in [6.45, 7) is 0.